The lowest BCUT2D eigenvalue weighted by molar-refractivity contribution is -0.137. The molecule has 1 aliphatic rings. The third-order valence-corrected chi connectivity index (χ3v) is 8.88. The SMILES string of the molecule is CNC(=O)c1c(-c2ccc(C)cc2)oc2nc(N(CCC[C@H](C)C(=O)CCCCC(=O)O)S(C)(=O)=O)c(C3CC3)cc12. The van der Waals surface area contributed by atoms with E-state index in [0.717, 1.165) is 30.2 Å². The third-order valence-electron chi connectivity index (χ3n) is 7.72. The highest BCUT2D eigenvalue weighted by Crippen LogP contribution is 2.46. The minimum Gasteiger partial charge on any atom is -0.481 e. The van der Waals surface area contributed by atoms with Crippen molar-refractivity contribution in [3.63, 3.8) is 0 Å². The molecule has 0 spiro atoms. The zero-order valence-electron chi connectivity index (χ0n) is 24.6. The largest absolute Gasteiger partial charge is 0.481 e. The molecule has 4 rings (SSSR count). The molecule has 1 atom stereocenters. The zero-order chi connectivity index (χ0) is 30.6. The number of pyridine rings is 1. The van der Waals surface area contributed by atoms with Gasteiger partial charge in [-0.2, -0.15) is 4.98 Å². The van der Waals surface area contributed by atoms with Gasteiger partial charge in [0.25, 0.3) is 5.91 Å². The monoisotopic (exact) mass is 597 g/mol. The van der Waals surface area contributed by atoms with Gasteiger partial charge in [-0.25, -0.2) is 8.42 Å². The lowest BCUT2D eigenvalue weighted by Crippen LogP contribution is -2.33. The Morgan fingerprint density at radius 3 is 2.38 bits per heavy atom. The number of anilines is 1. The molecule has 0 saturated heterocycles. The Balaban J connectivity index is 1.63. The number of benzene rings is 1. The van der Waals surface area contributed by atoms with E-state index in [4.69, 9.17) is 14.5 Å². The van der Waals surface area contributed by atoms with Crippen molar-refractivity contribution in [3.8, 4) is 11.3 Å². The van der Waals surface area contributed by atoms with Crippen LogP contribution in [-0.4, -0.2) is 56.0 Å². The van der Waals surface area contributed by atoms with Gasteiger partial charge >= 0.3 is 5.97 Å². The Bertz CT molecular complexity index is 1570. The number of carboxylic acid groups (broad SMARTS) is 1. The number of Topliss-reactive ketones (excluding diaryl/α,β-unsaturated/α-hetero) is 1. The molecule has 2 heterocycles. The van der Waals surface area contributed by atoms with Crippen LogP contribution < -0.4 is 9.62 Å². The Hall–Kier alpha value is -3.73. The van der Waals surface area contributed by atoms with Crippen molar-refractivity contribution in [1.82, 2.24) is 10.3 Å². The number of hydrogen-bond donors (Lipinski definition) is 2. The molecule has 1 amide bonds. The number of fused-ring (bicyclic) bond motifs is 1. The van der Waals surface area contributed by atoms with Crippen molar-refractivity contribution >= 4 is 44.6 Å². The highest BCUT2D eigenvalue weighted by atomic mass is 32.2. The normalized spacial score (nSPS) is 14.1. The van der Waals surface area contributed by atoms with E-state index in [1.807, 2.05) is 44.2 Å². The summed E-state index contributed by atoms with van der Waals surface area (Å²) >= 11 is 0. The predicted octanol–water partition coefficient (Wildman–Crippen LogP) is 5.44. The van der Waals surface area contributed by atoms with Gasteiger partial charge in [0.2, 0.25) is 15.7 Å². The number of nitrogens with zero attached hydrogens (tertiary/aromatic N) is 2. The Kier molecular flexibility index (Phi) is 9.71. The molecular formula is C31H39N3O7S. The number of aromatic nitrogens is 1. The van der Waals surface area contributed by atoms with Crippen molar-refractivity contribution in [2.45, 2.75) is 71.1 Å². The van der Waals surface area contributed by atoms with Crippen LogP contribution in [-0.2, 0) is 19.6 Å². The summed E-state index contributed by atoms with van der Waals surface area (Å²) in [5.41, 5.74) is 3.08. The molecule has 0 unspecified atom stereocenters. The molecule has 1 aromatic carbocycles. The smallest absolute Gasteiger partial charge is 0.303 e. The summed E-state index contributed by atoms with van der Waals surface area (Å²) in [5, 5.41) is 12.0. The van der Waals surface area contributed by atoms with Crippen molar-refractivity contribution in [2.75, 3.05) is 24.2 Å². The summed E-state index contributed by atoms with van der Waals surface area (Å²) in [5.74, 6) is -0.619. The van der Waals surface area contributed by atoms with E-state index in [1.54, 1.807) is 7.05 Å². The van der Waals surface area contributed by atoms with Crippen LogP contribution in [0.5, 0.6) is 0 Å². The average Bonchev–Trinajstić information content (AvgIpc) is 3.72. The van der Waals surface area contributed by atoms with Crippen molar-refractivity contribution in [1.29, 1.82) is 0 Å². The van der Waals surface area contributed by atoms with Crippen molar-refractivity contribution in [3.05, 3.63) is 47.0 Å². The second-order valence-corrected chi connectivity index (χ2v) is 13.1. The fourth-order valence-corrected chi connectivity index (χ4v) is 6.06. The van der Waals surface area contributed by atoms with Crippen LogP contribution in [0.4, 0.5) is 5.82 Å². The third kappa shape index (κ3) is 7.36. The topological polar surface area (TPSA) is 147 Å². The predicted molar refractivity (Wildman–Crippen MR) is 161 cm³/mol. The summed E-state index contributed by atoms with van der Waals surface area (Å²) in [6, 6.07) is 9.46. The van der Waals surface area contributed by atoms with Gasteiger partial charge < -0.3 is 14.8 Å². The molecule has 1 saturated carbocycles. The molecule has 226 valence electrons. The van der Waals surface area contributed by atoms with Crippen molar-refractivity contribution < 1.29 is 32.3 Å². The van der Waals surface area contributed by atoms with Crippen LogP contribution in [0.1, 0.15) is 85.7 Å². The molecule has 0 bridgehead atoms. The summed E-state index contributed by atoms with van der Waals surface area (Å²) in [6.45, 7) is 3.93. The second-order valence-electron chi connectivity index (χ2n) is 11.2. The Morgan fingerprint density at radius 2 is 1.79 bits per heavy atom. The van der Waals surface area contributed by atoms with Crippen LogP contribution in [0.2, 0.25) is 0 Å². The number of furan rings is 1. The number of aliphatic carboxylic acids is 1. The molecule has 0 aliphatic heterocycles. The average molecular weight is 598 g/mol. The Morgan fingerprint density at radius 1 is 1.12 bits per heavy atom. The van der Waals surface area contributed by atoms with Gasteiger partial charge in [-0.1, -0.05) is 36.8 Å². The van der Waals surface area contributed by atoms with Crippen LogP contribution in [0.25, 0.3) is 22.4 Å². The fourth-order valence-electron chi connectivity index (χ4n) is 5.14. The van der Waals surface area contributed by atoms with E-state index in [9.17, 15) is 22.8 Å². The minimum atomic E-state index is -3.73. The van der Waals surface area contributed by atoms with E-state index < -0.39 is 16.0 Å². The molecule has 1 aliphatic carbocycles. The summed E-state index contributed by atoms with van der Waals surface area (Å²) in [6.07, 6.45) is 5.18. The van der Waals surface area contributed by atoms with Gasteiger partial charge in [-0.15, -0.1) is 0 Å². The highest BCUT2D eigenvalue weighted by molar-refractivity contribution is 7.92. The van der Waals surface area contributed by atoms with Crippen molar-refractivity contribution in [2.24, 2.45) is 5.92 Å². The summed E-state index contributed by atoms with van der Waals surface area (Å²) in [7, 11) is -2.18. The number of carboxylic acids is 1. The fraction of sp³-hybridized carbons (Fsp3) is 0.484. The summed E-state index contributed by atoms with van der Waals surface area (Å²) in [4.78, 5) is 41.0. The number of amides is 1. The first-order valence-corrected chi connectivity index (χ1v) is 16.2. The molecular weight excluding hydrogens is 558 g/mol. The number of nitrogens with one attached hydrogen (secondary N) is 1. The number of unbranched alkanes of at least 4 members (excludes halogenated alkanes) is 1. The molecule has 3 aromatic rings. The van der Waals surface area contributed by atoms with Gasteiger partial charge in [0, 0.05) is 37.9 Å². The van der Waals surface area contributed by atoms with E-state index in [0.29, 0.717) is 60.2 Å². The number of carbonyl (C=O) groups is 3. The standard InChI is InChI=1S/C31H39N3O7S/c1-19-11-13-22(14-12-19)28-27(30(38)32-3)24-18-23(21-15-16-21)29(33-31(24)41-28)34(42(4,39)40)17-7-8-20(2)25(35)9-5-6-10-26(36)37/h11-14,18,20-21H,5-10,15-17H2,1-4H3,(H,32,38)(H,36,37)/t20-/m0/s1. The van der Waals surface area contributed by atoms with Crippen LogP contribution in [0.3, 0.4) is 0 Å². The zero-order valence-corrected chi connectivity index (χ0v) is 25.4. The van der Waals surface area contributed by atoms with E-state index >= 15 is 0 Å². The lowest BCUT2D eigenvalue weighted by atomic mass is 9.96. The molecule has 1 fully saturated rings. The molecule has 11 heteroatoms. The van der Waals surface area contributed by atoms with Crippen LogP contribution in [0, 0.1) is 12.8 Å². The first kappa shape index (κ1) is 31.2. The van der Waals surface area contributed by atoms with Gasteiger partial charge in [-0.3, -0.25) is 18.7 Å². The van der Waals surface area contributed by atoms with E-state index in [-0.39, 0.29) is 42.2 Å². The van der Waals surface area contributed by atoms with Gasteiger partial charge in [-0.05, 0) is 63.0 Å². The molecule has 10 nitrogen and oxygen atoms in total. The number of hydrogen-bond acceptors (Lipinski definition) is 7. The maximum atomic E-state index is 13.1. The number of rotatable bonds is 15. The first-order valence-electron chi connectivity index (χ1n) is 14.4. The number of ketones is 1. The summed E-state index contributed by atoms with van der Waals surface area (Å²) < 4.78 is 33.6. The number of carbonyl (C=O) groups excluding carboxylic acids is 2. The first-order chi connectivity index (χ1) is 19.9. The number of sulfonamides is 1. The van der Waals surface area contributed by atoms with Gasteiger partial charge in [0.05, 0.1) is 17.2 Å². The maximum Gasteiger partial charge on any atom is 0.303 e. The van der Waals surface area contributed by atoms with Crippen LogP contribution in [0.15, 0.2) is 34.7 Å². The molecule has 2 N–H and O–H groups in total. The Labute approximate surface area is 246 Å². The minimum absolute atomic E-state index is 0.0401. The molecule has 2 aromatic heterocycles. The van der Waals surface area contributed by atoms with Gasteiger partial charge in [0.15, 0.2) is 0 Å². The van der Waals surface area contributed by atoms with Gasteiger partial charge in [0.1, 0.15) is 17.4 Å². The maximum absolute atomic E-state index is 13.1. The van der Waals surface area contributed by atoms with E-state index in [1.165, 1.54) is 4.31 Å². The lowest BCUT2D eigenvalue weighted by Gasteiger charge is -2.24. The number of aryl methyl sites for hydroxylation is 1. The molecule has 42 heavy (non-hydrogen) atoms. The van der Waals surface area contributed by atoms with Crippen LogP contribution >= 0.6 is 0 Å². The second kappa shape index (κ2) is 13.1. The highest BCUT2D eigenvalue weighted by Gasteiger charge is 2.34. The van der Waals surface area contributed by atoms with E-state index in [2.05, 4.69) is 5.32 Å². The molecule has 0 radical (unpaired) electrons. The quantitative estimate of drug-likeness (QED) is 0.220.